The summed E-state index contributed by atoms with van der Waals surface area (Å²) in [6.45, 7) is 5.66. The fourth-order valence-corrected chi connectivity index (χ4v) is 2.60. The number of aryl methyl sites for hydroxylation is 2. The molecule has 0 saturated carbocycles. The predicted octanol–water partition coefficient (Wildman–Crippen LogP) is 1.55. The molecule has 0 unspecified atom stereocenters. The highest BCUT2D eigenvalue weighted by Crippen LogP contribution is 2.11. The minimum absolute atomic E-state index is 0. The Kier molecular flexibility index (Phi) is 12.2. The summed E-state index contributed by atoms with van der Waals surface area (Å²) < 4.78 is 4.56. The van der Waals surface area contributed by atoms with Crippen LogP contribution in [0.4, 0.5) is 0 Å². The van der Waals surface area contributed by atoms with E-state index in [1.807, 2.05) is 0 Å². The summed E-state index contributed by atoms with van der Waals surface area (Å²) in [6, 6.07) is 0. The monoisotopic (exact) mass is 344 g/mol. The highest BCUT2D eigenvalue weighted by atomic mass is 79.9. The van der Waals surface area contributed by atoms with E-state index in [4.69, 9.17) is 0 Å². The molecule has 0 fully saturated rings. The van der Waals surface area contributed by atoms with Crippen molar-refractivity contribution in [3.8, 4) is 0 Å². The van der Waals surface area contributed by atoms with E-state index in [2.05, 4.69) is 42.4 Å². The Balaban J connectivity index is 0.00000361. The SMILES string of the molecule is CCCCCCCCCCCCn1cc[n+](C)c1C.[Br-]. The van der Waals surface area contributed by atoms with Crippen LogP contribution in [0.15, 0.2) is 12.4 Å². The molecule has 1 aromatic heterocycles. The van der Waals surface area contributed by atoms with Crippen molar-refractivity contribution in [1.29, 1.82) is 0 Å². The predicted molar refractivity (Wildman–Crippen MR) is 82.2 cm³/mol. The molecule has 0 spiro atoms. The lowest BCUT2D eigenvalue weighted by molar-refractivity contribution is -0.677. The standard InChI is InChI=1S/C17H33N2.BrH/c1-4-5-6-7-8-9-10-11-12-13-14-19-16-15-18(3)17(19)2;/h15-16H,4-14H2,1-3H3;1H/q+1;/p-1. The second-order valence-corrected chi connectivity index (χ2v) is 5.83. The minimum Gasteiger partial charge on any atom is -1.00 e. The van der Waals surface area contributed by atoms with Gasteiger partial charge in [0.2, 0.25) is 0 Å². The average molecular weight is 345 g/mol. The van der Waals surface area contributed by atoms with Crippen molar-refractivity contribution in [3.05, 3.63) is 18.2 Å². The lowest BCUT2D eigenvalue weighted by atomic mass is 10.1. The Bertz CT molecular complexity index is 334. The molecule has 0 radical (unpaired) electrons. The van der Waals surface area contributed by atoms with Gasteiger partial charge >= 0.3 is 0 Å². The Morgan fingerprint density at radius 3 is 1.85 bits per heavy atom. The molecule has 0 aliphatic rings. The fraction of sp³-hybridized carbons (Fsp3) is 0.824. The lowest BCUT2D eigenvalue weighted by Crippen LogP contribution is -3.00. The number of rotatable bonds is 11. The lowest BCUT2D eigenvalue weighted by Gasteiger charge is -2.02. The van der Waals surface area contributed by atoms with Crippen LogP contribution in [-0.2, 0) is 13.6 Å². The third-order valence-corrected chi connectivity index (χ3v) is 4.15. The Morgan fingerprint density at radius 2 is 1.40 bits per heavy atom. The summed E-state index contributed by atoms with van der Waals surface area (Å²) in [5, 5.41) is 0. The maximum Gasteiger partial charge on any atom is 0.253 e. The Hall–Kier alpha value is -0.310. The summed E-state index contributed by atoms with van der Waals surface area (Å²) in [7, 11) is 2.12. The first-order valence-electron chi connectivity index (χ1n) is 8.27. The number of aromatic nitrogens is 2. The van der Waals surface area contributed by atoms with Gasteiger partial charge in [0.15, 0.2) is 0 Å². The summed E-state index contributed by atoms with van der Waals surface area (Å²) >= 11 is 0. The summed E-state index contributed by atoms with van der Waals surface area (Å²) in [6.07, 6.45) is 18.5. The first kappa shape index (κ1) is 19.7. The van der Waals surface area contributed by atoms with Crippen LogP contribution in [-0.4, -0.2) is 4.57 Å². The van der Waals surface area contributed by atoms with E-state index >= 15 is 0 Å². The van der Waals surface area contributed by atoms with Gasteiger partial charge in [-0.1, -0.05) is 58.3 Å². The molecule has 0 aromatic carbocycles. The third kappa shape index (κ3) is 8.08. The third-order valence-electron chi connectivity index (χ3n) is 4.15. The van der Waals surface area contributed by atoms with E-state index < -0.39 is 0 Å². The van der Waals surface area contributed by atoms with Gasteiger partial charge in [0.05, 0.1) is 13.6 Å². The van der Waals surface area contributed by atoms with Gasteiger partial charge in [0.25, 0.3) is 5.82 Å². The molecule has 0 atom stereocenters. The maximum absolute atomic E-state index is 2.37. The zero-order valence-corrected chi connectivity index (χ0v) is 15.3. The molecule has 2 nitrogen and oxygen atoms in total. The first-order chi connectivity index (χ1) is 9.25. The number of unbranched alkanes of at least 4 members (excludes halogenated alkanes) is 9. The highest BCUT2D eigenvalue weighted by Gasteiger charge is 2.07. The molecule has 0 saturated heterocycles. The molecular weight excluding hydrogens is 312 g/mol. The van der Waals surface area contributed by atoms with Crippen LogP contribution in [0.25, 0.3) is 0 Å². The molecule has 3 heteroatoms. The Morgan fingerprint density at radius 1 is 0.900 bits per heavy atom. The second kappa shape index (κ2) is 12.4. The summed E-state index contributed by atoms with van der Waals surface area (Å²) in [4.78, 5) is 0. The van der Waals surface area contributed by atoms with E-state index in [1.165, 1.54) is 76.6 Å². The summed E-state index contributed by atoms with van der Waals surface area (Å²) in [5.41, 5.74) is 0. The number of nitrogens with zero attached hydrogens (tertiary/aromatic N) is 2. The van der Waals surface area contributed by atoms with Gasteiger partial charge in [-0.05, 0) is 12.8 Å². The topological polar surface area (TPSA) is 8.81 Å². The van der Waals surface area contributed by atoms with Gasteiger partial charge in [-0.3, -0.25) is 0 Å². The van der Waals surface area contributed by atoms with Gasteiger partial charge in [-0.15, -0.1) is 0 Å². The number of imidazole rings is 1. The fourth-order valence-electron chi connectivity index (χ4n) is 2.60. The second-order valence-electron chi connectivity index (χ2n) is 5.83. The van der Waals surface area contributed by atoms with Crippen LogP contribution < -0.4 is 21.5 Å². The molecule has 20 heavy (non-hydrogen) atoms. The van der Waals surface area contributed by atoms with Crippen molar-refractivity contribution < 1.29 is 21.5 Å². The van der Waals surface area contributed by atoms with Crippen molar-refractivity contribution in [2.75, 3.05) is 0 Å². The van der Waals surface area contributed by atoms with Crippen LogP contribution in [0.3, 0.4) is 0 Å². The molecule has 0 aliphatic heterocycles. The first-order valence-corrected chi connectivity index (χ1v) is 8.27. The quantitative estimate of drug-likeness (QED) is 0.425. The van der Waals surface area contributed by atoms with Crippen LogP contribution in [0.2, 0.25) is 0 Å². The van der Waals surface area contributed by atoms with E-state index in [1.54, 1.807) is 0 Å². The van der Waals surface area contributed by atoms with Gasteiger partial charge in [-0.25, -0.2) is 9.13 Å². The molecule has 0 bridgehead atoms. The van der Waals surface area contributed by atoms with Crippen molar-refractivity contribution in [3.63, 3.8) is 0 Å². The van der Waals surface area contributed by atoms with Crippen molar-refractivity contribution in [1.82, 2.24) is 4.57 Å². The largest absolute Gasteiger partial charge is 1.00 e. The molecular formula is C17H33BrN2. The molecule has 0 N–H and O–H groups in total. The van der Waals surface area contributed by atoms with E-state index in [9.17, 15) is 0 Å². The van der Waals surface area contributed by atoms with Gasteiger partial charge < -0.3 is 17.0 Å². The number of halogens is 1. The molecule has 0 aliphatic carbocycles. The van der Waals surface area contributed by atoms with Crippen LogP contribution >= 0.6 is 0 Å². The highest BCUT2D eigenvalue weighted by molar-refractivity contribution is 4.78. The van der Waals surface area contributed by atoms with E-state index in [0.717, 1.165) is 0 Å². The summed E-state index contributed by atoms with van der Waals surface area (Å²) in [5.74, 6) is 1.36. The Labute approximate surface area is 136 Å². The van der Waals surface area contributed by atoms with Gasteiger partial charge in [0, 0.05) is 6.92 Å². The average Bonchev–Trinajstić information content (AvgIpc) is 2.73. The van der Waals surface area contributed by atoms with Crippen molar-refractivity contribution in [2.24, 2.45) is 7.05 Å². The zero-order chi connectivity index (χ0) is 13.9. The van der Waals surface area contributed by atoms with Crippen LogP contribution in [0.5, 0.6) is 0 Å². The maximum atomic E-state index is 2.37. The van der Waals surface area contributed by atoms with E-state index in [0.29, 0.717) is 0 Å². The van der Waals surface area contributed by atoms with Crippen molar-refractivity contribution >= 4 is 0 Å². The molecule has 1 aromatic rings. The van der Waals surface area contributed by atoms with E-state index in [-0.39, 0.29) is 17.0 Å². The normalized spacial score (nSPS) is 10.6. The molecule has 1 rings (SSSR count). The molecule has 118 valence electrons. The van der Waals surface area contributed by atoms with Crippen LogP contribution in [0, 0.1) is 6.92 Å². The minimum atomic E-state index is 0. The number of hydrogen-bond donors (Lipinski definition) is 0. The zero-order valence-electron chi connectivity index (χ0n) is 13.7. The van der Waals surface area contributed by atoms with Gasteiger partial charge in [-0.2, -0.15) is 0 Å². The molecule has 0 amide bonds. The molecule has 1 heterocycles. The van der Waals surface area contributed by atoms with Crippen LogP contribution in [0.1, 0.15) is 77.0 Å². The number of hydrogen-bond acceptors (Lipinski definition) is 0. The smallest absolute Gasteiger partial charge is 0.253 e. The van der Waals surface area contributed by atoms with Gasteiger partial charge in [0.1, 0.15) is 12.4 Å². The van der Waals surface area contributed by atoms with Crippen molar-refractivity contribution in [2.45, 2.75) is 84.6 Å².